The molecule has 3 aromatic rings. The number of Topliss-reactive ketones (excluding diaryl/α,β-unsaturated/α-hetero) is 1. The van der Waals surface area contributed by atoms with Crippen LogP contribution in [0.1, 0.15) is 41.5 Å². The smallest absolute Gasteiger partial charge is 0.229 e. The number of benzene rings is 2. The van der Waals surface area contributed by atoms with Gasteiger partial charge in [-0.3, -0.25) is 14.4 Å². The van der Waals surface area contributed by atoms with Gasteiger partial charge < -0.3 is 4.57 Å². The average molecular weight is 500 g/mol. The molecule has 10 heteroatoms. The monoisotopic (exact) mass is 499 g/mol. The molecule has 0 spiro atoms. The van der Waals surface area contributed by atoms with Crippen LogP contribution in [0, 0.1) is 0 Å². The third-order valence-corrected chi connectivity index (χ3v) is 7.35. The summed E-state index contributed by atoms with van der Waals surface area (Å²) in [5, 5.41) is 9.26. The molecule has 180 valence electrons. The van der Waals surface area contributed by atoms with Gasteiger partial charge in [0, 0.05) is 11.3 Å². The lowest BCUT2D eigenvalue weighted by Gasteiger charge is -2.17. The number of likely N-dealkylation sites (tertiary alicyclic amines) is 1. The number of nitrogens with zero attached hydrogens (tertiary/aromatic N) is 4. The second kappa shape index (κ2) is 10.7. The number of anilines is 1. The molecule has 4 rings (SSSR count). The highest BCUT2D eigenvalue weighted by Gasteiger charge is 2.23. The molecule has 1 atom stereocenters. The van der Waals surface area contributed by atoms with Gasteiger partial charge in [-0.15, -0.1) is 10.2 Å². The molecule has 1 N–H and O–H groups in total. The van der Waals surface area contributed by atoms with Crippen molar-refractivity contribution in [3.63, 3.8) is 0 Å². The minimum Gasteiger partial charge on any atom is -0.300 e. The molecule has 2 heterocycles. The van der Waals surface area contributed by atoms with Crippen LogP contribution in [0.25, 0.3) is 0 Å². The lowest BCUT2D eigenvalue weighted by atomic mass is 10.1. The van der Waals surface area contributed by atoms with Crippen LogP contribution in [0.15, 0.2) is 59.8 Å². The number of ketones is 1. The van der Waals surface area contributed by atoms with Crippen molar-refractivity contribution in [2.45, 2.75) is 43.3 Å². The summed E-state index contributed by atoms with van der Waals surface area (Å²) < 4.78 is 27.3. The molecule has 1 aromatic heterocycles. The molecule has 0 radical (unpaired) electrons. The fraction of sp³-hybridized carbons (Fsp3) is 0.375. The van der Waals surface area contributed by atoms with Gasteiger partial charge in [-0.05, 0) is 62.7 Å². The summed E-state index contributed by atoms with van der Waals surface area (Å²) >= 11 is 1.40. The van der Waals surface area contributed by atoms with Crippen LogP contribution in [0.2, 0.25) is 0 Å². The molecule has 2 aromatic carbocycles. The van der Waals surface area contributed by atoms with Crippen molar-refractivity contribution in [1.29, 1.82) is 0 Å². The van der Waals surface area contributed by atoms with Crippen molar-refractivity contribution in [1.82, 2.24) is 19.7 Å². The average Bonchev–Trinajstić information content (AvgIpc) is 3.45. The first-order chi connectivity index (χ1) is 16.3. The van der Waals surface area contributed by atoms with E-state index in [0.29, 0.717) is 23.0 Å². The van der Waals surface area contributed by atoms with Crippen molar-refractivity contribution in [3.05, 3.63) is 71.5 Å². The van der Waals surface area contributed by atoms with E-state index in [1.165, 1.54) is 24.6 Å². The standard InChI is InChI=1S/C24H29N5O3S2/c1-18(23(30)20-10-12-21(13-11-20)27-34(2,31)32)33-24-26-25-22(17-28-14-6-7-15-28)29(24)16-19-8-4-3-5-9-19/h3-5,8-13,18,27H,6-7,14-17H2,1-2H3/t18-/m0/s1. The third-order valence-electron chi connectivity index (χ3n) is 5.66. The van der Waals surface area contributed by atoms with E-state index in [9.17, 15) is 13.2 Å². The zero-order chi connectivity index (χ0) is 24.1. The molecule has 0 unspecified atom stereocenters. The van der Waals surface area contributed by atoms with Crippen LogP contribution < -0.4 is 4.72 Å². The Balaban J connectivity index is 1.51. The highest BCUT2D eigenvalue weighted by Crippen LogP contribution is 2.27. The van der Waals surface area contributed by atoms with Crippen LogP contribution in [-0.4, -0.2) is 58.5 Å². The second-order valence-electron chi connectivity index (χ2n) is 8.53. The van der Waals surface area contributed by atoms with E-state index in [4.69, 9.17) is 0 Å². The number of thioether (sulfide) groups is 1. The van der Waals surface area contributed by atoms with Crippen LogP contribution in [0.4, 0.5) is 5.69 Å². The Kier molecular flexibility index (Phi) is 7.70. The number of carbonyl (C=O) groups is 1. The summed E-state index contributed by atoms with van der Waals surface area (Å²) in [5.74, 6) is 0.857. The maximum Gasteiger partial charge on any atom is 0.229 e. The molecule has 1 fully saturated rings. The molecule has 34 heavy (non-hydrogen) atoms. The highest BCUT2D eigenvalue weighted by atomic mass is 32.2. The maximum absolute atomic E-state index is 13.1. The number of rotatable bonds is 10. The molecule has 0 aliphatic carbocycles. The molecule has 8 nitrogen and oxygen atoms in total. The SMILES string of the molecule is C[C@H](Sc1nnc(CN2CCCC2)n1Cc1ccccc1)C(=O)c1ccc(NS(C)(=O)=O)cc1. The summed E-state index contributed by atoms with van der Waals surface area (Å²) in [5.41, 5.74) is 2.10. The minimum absolute atomic E-state index is 0.0498. The van der Waals surface area contributed by atoms with E-state index in [0.717, 1.165) is 37.3 Å². The Morgan fingerprint density at radius 2 is 1.71 bits per heavy atom. The van der Waals surface area contributed by atoms with Gasteiger partial charge >= 0.3 is 0 Å². The third kappa shape index (κ3) is 6.46. The topological polar surface area (TPSA) is 97.2 Å². The van der Waals surface area contributed by atoms with Crippen molar-refractivity contribution in [2.75, 3.05) is 24.1 Å². The number of sulfonamides is 1. The zero-order valence-electron chi connectivity index (χ0n) is 19.3. The van der Waals surface area contributed by atoms with Gasteiger partial charge in [-0.25, -0.2) is 8.42 Å². The van der Waals surface area contributed by atoms with Crippen molar-refractivity contribution >= 4 is 33.3 Å². The van der Waals surface area contributed by atoms with E-state index in [1.807, 2.05) is 25.1 Å². The highest BCUT2D eigenvalue weighted by molar-refractivity contribution is 8.00. The zero-order valence-corrected chi connectivity index (χ0v) is 21.0. The van der Waals surface area contributed by atoms with Crippen LogP contribution in [-0.2, 0) is 23.1 Å². The quantitative estimate of drug-likeness (QED) is 0.336. The fourth-order valence-electron chi connectivity index (χ4n) is 3.95. The first-order valence-corrected chi connectivity index (χ1v) is 14.0. The Labute approximate surface area is 204 Å². The molecule has 1 saturated heterocycles. The van der Waals surface area contributed by atoms with Crippen LogP contribution >= 0.6 is 11.8 Å². The molecule has 0 amide bonds. The van der Waals surface area contributed by atoms with Gasteiger partial charge in [0.1, 0.15) is 5.82 Å². The normalized spacial score (nSPS) is 15.4. The van der Waals surface area contributed by atoms with Gasteiger partial charge in [-0.1, -0.05) is 42.1 Å². The maximum atomic E-state index is 13.1. The number of hydrogen-bond acceptors (Lipinski definition) is 7. The molecule has 0 bridgehead atoms. The van der Waals surface area contributed by atoms with E-state index < -0.39 is 10.0 Å². The number of carbonyl (C=O) groups excluding carboxylic acids is 1. The van der Waals surface area contributed by atoms with Gasteiger partial charge in [0.05, 0.1) is 24.6 Å². The van der Waals surface area contributed by atoms with Gasteiger partial charge in [0.25, 0.3) is 0 Å². The summed E-state index contributed by atoms with van der Waals surface area (Å²) in [6.07, 6.45) is 3.51. The largest absolute Gasteiger partial charge is 0.300 e. The lowest BCUT2D eigenvalue weighted by molar-refractivity contribution is 0.0994. The fourth-order valence-corrected chi connectivity index (χ4v) is 5.46. The molecular formula is C24H29N5O3S2. The summed E-state index contributed by atoms with van der Waals surface area (Å²) in [6, 6.07) is 16.6. The first-order valence-electron chi connectivity index (χ1n) is 11.3. The number of nitrogens with one attached hydrogen (secondary N) is 1. The van der Waals surface area contributed by atoms with E-state index in [-0.39, 0.29) is 11.0 Å². The van der Waals surface area contributed by atoms with E-state index in [2.05, 4.69) is 36.5 Å². The molecule has 1 aliphatic heterocycles. The molecule has 0 saturated carbocycles. The Morgan fingerprint density at radius 3 is 2.35 bits per heavy atom. The number of hydrogen-bond donors (Lipinski definition) is 1. The summed E-state index contributed by atoms with van der Waals surface area (Å²) in [4.78, 5) is 15.5. The van der Waals surface area contributed by atoms with Crippen molar-refractivity contribution < 1.29 is 13.2 Å². The van der Waals surface area contributed by atoms with Gasteiger partial charge in [0.15, 0.2) is 10.9 Å². The lowest BCUT2D eigenvalue weighted by Crippen LogP contribution is -2.22. The second-order valence-corrected chi connectivity index (χ2v) is 11.6. The van der Waals surface area contributed by atoms with Crippen molar-refractivity contribution in [3.8, 4) is 0 Å². The molecule has 1 aliphatic rings. The van der Waals surface area contributed by atoms with E-state index >= 15 is 0 Å². The first kappa shape index (κ1) is 24.4. The predicted octanol–water partition coefficient (Wildman–Crippen LogP) is 3.66. The van der Waals surface area contributed by atoms with Gasteiger partial charge in [-0.2, -0.15) is 0 Å². The summed E-state index contributed by atoms with van der Waals surface area (Å²) in [7, 11) is -3.36. The Bertz CT molecular complexity index is 1220. The van der Waals surface area contributed by atoms with Crippen LogP contribution in [0.5, 0.6) is 0 Å². The number of aromatic nitrogens is 3. The van der Waals surface area contributed by atoms with E-state index in [1.54, 1.807) is 24.3 Å². The molecular weight excluding hydrogens is 470 g/mol. The summed E-state index contributed by atoms with van der Waals surface area (Å²) in [6.45, 7) is 5.39. The van der Waals surface area contributed by atoms with Gasteiger partial charge in [0.2, 0.25) is 10.0 Å². The Hall–Kier alpha value is -2.69. The predicted molar refractivity (Wildman–Crippen MR) is 135 cm³/mol. The Morgan fingerprint density at radius 1 is 1.03 bits per heavy atom. The van der Waals surface area contributed by atoms with Crippen molar-refractivity contribution in [2.24, 2.45) is 0 Å². The van der Waals surface area contributed by atoms with Crippen LogP contribution in [0.3, 0.4) is 0 Å². The minimum atomic E-state index is -3.36.